The molecule has 6 heteroatoms. The Kier molecular flexibility index (Phi) is 4.65. The van der Waals surface area contributed by atoms with Crippen molar-refractivity contribution in [2.24, 2.45) is 0 Å². The van der Waals surface area contributed by atoms with Gasteiger partial charge in [-0.1, -0.05) is 23.6 Å². The van der Waals surface area contributed by atoms with Crippen molar-refractivity contribution < 1.29 is 4.39 Å². The average Bonchev–Trinajstić information content (AvgIpc) is 3.17. The van der Waals surface area contributed by atoms with Crippen molar-refractivity contribution in [3.63, 3.8) is 0 Å². The Morgan fingerprint density at radius 3 is 2.59 bits per heavy atom. The van der Waals surface area contributed by atoms with E-state index in [1.807, 2.05) is 24.3 Å². The van der Waals surface area contributed by atoms with Gasteiger partial charge in [-0.05, 0) is 42.3 Å². The minimum absolute atomic E-state index is 0.248. The molecule has 1 N–H and O–H groups in total. The SMILES string of the molecule is Fc1cccc(Cl)c1-c1ncc(-c2ccc(C#Cc3cccnc3)nc2)[nH]1. The van der Waals surface area contributed by atoms with Gasteiger partial charge in [0.2, 0.25) is 0 Å². The third-order valence-electron chi connectivity index (χ3n) is 3.85. The maximum Gasteiger partial charge on any atom is 0.142 e. The lowest BCUT2D eigenvalue weighted by atomic mass is 10.2. The van der Waals surface area contributed by atoms with Crippen LogP contribution in [0.25, 0.3) is 22.6 Å². The van der Waals surface area contributed by atoms with Gasteiger partial charge in [-0.2, -0.15) is 0 Å². The van der Waals surface area contributed by atoms with E-state index in [4.69, 9.17) is 11.6 Å². The van der Waals surface area contributed by atoms with E-state index in [0.29, 0.717) is 22.2 Å². The van der Waals surface area contributed by atoms with E-state index in [-0.39, 0.29) is 5.56 Å². The standard InChI is InChI=1S/C21H12ClFN4/c22-17-4-1-5-18(23)20(17)21-26-13-19(27-21)15-7-9-16(25-12-15)8-6-14-3-2-10-24-11-14/h1-5,7,9-13H,(H,26,27). The molecule has 0 atom stereocenters. The van der Waals surface area contributed by atoms with Gasteiger partial charge in [0, 0.05) is 29.7 Å². The average molecular weight is 375 g/mol. The van der Waals surface area contributed by atoms with Gasteiger partial charge in [-0.3, -0.25) is 4.98 Å². The second kappa shape index (κ2) is 7.40. The number of benzene rings is 1. The summed E-state index contributed by atoms with van der Waals surface area (Å²) >= 11 is 6.09. The van der Waals surface area contributed by atoms with Crippen LogP contribution in [0.1, 0.15) is 11.3 Å². The Morgan fingerprint density at radius 1 is 0.926 bits per heavy atom. The summed E-state index contributed by atoms with van der Waals surface area (Å²) in [6.07, 6.45) is 6.70. The second-order valence-electron chi connectivity index (χ2n) is 5.67. The molecule has 0 amide bonds. The van der Waals surface area contributed by atoms with Crippen LogP contribution in [0.3, 0.4) is 0 Å². The van der Waals surface area contributed by atoms with Gasteiger partial charge in [0.15, 0.2) is 0 Å². The minimum Gasteiger partial charge on any atom is -0.338 e. The molecule has 130 valence electrons. The molecule has 27 heavy (non-hydrogen) atoms. The molecule has 0 saturated carbocycles. The predicted octanol–water partition coefficient (Wildman–Crippen LogP) is 4.73. The number of nitrogens with one attached hydrogen (secondary N) is 1. The van der Waals surface area contributed by atoms with E-state index in [2.05, 4.69) is 31.8 Å². The van der Waals surface area contributed by atoms with Crippen LogP contribution >= 0.6 is 11.6 Å². The molecule has 4 aromatic rings. The number of pyridine rings is 2. The zero-order valence-electron chi connectivity index (χ0n) is 13.9. The van der Waals surface area contributed by atoms with E-state index in [1.54, 1.807) is 36.9 Å². The lowest BCUT2D eigenvalue weighted by molar-refractivity contribution is 0.630. The van der Waals surface area contributed by atoms with Crippen molar-refractivity contribution in [2.75, 3.05) is 0 Å². The highest BCUT2D eigenvalue weighted by Gasteiger charge is 2.13. The predicted molar refractivity (Wildman–Crippen MR) is 102 cm³/mol. The number of halogens is 2. The Morgan fingerprint density at radius 2 is 1.85 bits per heavy atom. The molecule has 4 nitrogen and oxygen atoms in total. The summed E-state index contributed by atoms with van der Waals surface area (Å²) in [7, 11) is 0. The van der Waals surface area contributed by atoms with Crippen molar-refractivity contribution in [1.29, 1.82) is 0 Å². The van der Waals surface area contributed by atoms with Gasteiger partial charge in [0.05, 0.1) is 22.5 Å². The minimum atomic E-state index is -0.428. The fraction of sp³-hybridized carbons (Fsp3) is 0. The van der Waals surface area contributed by atoms with Crippen molar-refractivity contribution in [3.8, 4) is 34.5 Å². The summed E-state index contributed by atoms with van der Waals surface area (Å²) in [5.41, 5.74) is 3.23. The summed E-state index contributed by atoms with van der Waals surface area (Å²) in [6.45, 7) is 0. The van der Waals surface area contributed by atoms with Crippen LogP contribution in [0.15, 0.2) is 67.3 Å². The first-order valence-corrected chi connectivity index (χ1v) is 8.46. The molecular weight excluding hydrogens is 363 g/mol. The van der Waals surface area contributed by atoms with Crippen LogP contribution in [0.2, 0.25) is 5.02 Å². The lowest BCUT2D eigenvalue weighted by Crippen LogP contribution is -1.88. The van der Waals surface area contributed by atoms with Gasteiger partial charge in [0.1, 0.15) is 17.3 Å². The first-order valence-electron chi connectivity index (χ1n) is 8.08. The van der Waals surface area contributed by atoms with Gasteiger partial charge in [-0.15, -0.1) is 0 Å². The summed E-state index contributed by atoms with van der Waals surface area (Å²) in [4.78, 5) is 15.7. The van der Waals surface area contributed by atoms with Crippen LogP contribution in [-0.4, -0.2) is 19.9 Å². The Bertz CT molecular complexity index is 1120. The van der Waals surface area contributed by atoms with Crippen LogP contribution in [0.4, 0.5) is 4.39 Å². The molecule has 0 aliphatic heterocycles. The molecular formula is C21H12ClFN4. The van der Waals surface area contributed by atoms with E-state index in [0.717, 1.165) is 11.1 Å². The molecule has 0 saturated heterocycles. The highest BCUT2D eigenvalue weighted by atomic mass is 35.5. The zero-order chi connectivity index (χ0) is 18.6. The van der Waals surface area contributed by atoms with Gasteiger partial charge in [0.25, 0.3) is 0 Å². The molecule has 0 spiro atoms. The maximum absolute atomic E-state index is 14.0. The number of aromatic nitrogens is 4. The second-order valence-corrected chi connectivity index (χ2v) is 6.07. The summed E-state index contributed by atoms with van der Waals surface area (Å²) in [6, 6.07) is 11.9. The Balaban J connectivity index is 1.59. The Labute approximate surface area is 160 Å². The van der Waals surface area contributed by atoms with Gasteiger partial charge in [-0.25, -0.2) is 14.4 Å². The molecule has 4 rings (SSSR count). The summed E-state index contributed by atoms with van der Waals surface area (Å²) < 4.78 is 14.0. The van der Waals surface area contributed by atoms with E-state index in [9.17, 15) is 4.39 Å². The van der Waals surface area contributed by atoms with Crippen LogP contribution in [0.5, 0.6) is 0 Å². The third kappa shape index (κ3) is 3.71. The highest BCUT2D eigenvalue weighted by molar-refractivity contribution is 6.33. The normalized spacial score (nSPS) is 10.3. The highest BCUT2D eigenvalue weighted by Crippen LogP contribution is 2.29. The monoisotopic (exact) mass is 374 g/mol. The summed E-state index contributed by atoms with van der Waals surface area (Å²) in [5, 5.41) is 0.301. The molecule has 3 aromatic heterocycles. The van der Waals surface area contributed by atoms with Gasteiger partial charge >= 0.3 is 0 Å². The molecule has 0 fully saturated rings. The van der Waals surface area contributed by atoms with E-state index < -0.39 is 5.82 Å². The van der Waals surface area contributed by atoms with Crippen molar-refractivity contribution in [1.82, 2.24) is 19.9 Å². The topological polar surface area (TPSA) is 54.5 Å². The van der Waals surface area contributed by atoms with Crippen LogP contribution < -0.4 is 0 Å². The molecule has 0 bridgehead atoms. The number of hydrogen-bond acceptors (Lipinski definition) is 3. The largest absolute Gasteiger partial charge is 0.338 e. The number of imidazole rings is 1. The third-order valence-corrected chi connectivity index (χ3v) is 4.16. The molecule has 1 aromatic carbocycles. The van der Waals surface area contributed by atoms with Crippen molar-refractivity contribution in [3.05, 3.63) is 89.3 Å². The van der Waals surface area contributed by atoms with E-state index >= 15 is 0 Å². The fourth-order valence-corrected chi connectivity index (χ4v) is 2.77. The number of rotatable bonds is 2. The number of H-pyrrole nitrogens is 1. The summed E-state index contributed by atoms with van der Waals surface area (Å²) in [5.74, 6) is 5.94. The molecule has 0 aliphatic carbocycles. The van der Waals surface area contributed by atoms with Crippen LogP contribution in [0, 0.1) is 17.7 Å². The molecule has 0 unspecified atom stereocenters. The number of hydrogen-bond donors (Lipinski definition) is 1. The zero-order valence-corrected chi connectivity index (χ0v) is 14.7. The molecule has 0 radical (unpaired) electrons. The lowest BCUT2D eigenvalue weighted by Gasteiger charge is -2.02. The smallest absolute Gasteiger partial charge is 0.142 e. The Hall–Kier alpha value is -3.49. The quantitative estimate of drug-likeness (QED) is 0.516. The number of aromatic amines is 1. The van der Waals surface area contributed by atoms with Crippen molar-refractivity contribution in [2.45, 2.75) is 0 Å². The fourth-order valence-electron chi connectivity index (χ4n) is 2.52. The van der Waals surface area contributed by atoms with E-state index in [1.165, 1.54) is 6.07 Å². The first kappa shape index (κ1) is 17.0. The number of nitrogens with zero attached hydrogens (tertiary/aromatic N) is 3. The first-order chi connectivity index (χ1) is 13.2. The maximum atomic E-state index is 14.0. The van der Waals surface area contributed by atoms with Crippen LogP contribution in [-0.2, 0) is 0 Å². The molecule has 0 aliphatic rings. The molecule has 3 heterocycles. The van der Waals surface area contributed by atoms with Gasteiger partial charge < -0.3 is 4.98 Å². The van der Waals surface area contributed by atoms with Crippen molar-refractivity contribution >= 4 is 11.6 Å².